The summed E-state index contributed by atoms with van der Waals surface area (Å²) >= 11 is 15.3. The Morgan fingerprint density at radius 3 is 2.50 bits per heavy atom. The van der Waals surface area contributed by atoms with Crippen LogP contribution in [0.25, 0.3) is 0 Å². The molecule has 0 aliphatic carbocycles. The predicted molar refractivity (Wildman–Crippen MR) is 109 cm³/mol. The van der Waals surface area contributed by atoms with Gasteiger partial charge in [0.2, 0.25) is 0 Å². The largest absolute Gasteiger partial charge is 0.352 e. The molecule has 0 saturated carbocycles. The highest BCUT2D eigenvalue weighted by molar-refractivity contribution is 9.10. The third-order valence-electron chi connectivity index (χ3n) is 4.58. The molecule has 2 aromatic rings. The van der Waals surface area contributed by atoms with Gasteiger partial charge in [0.25, 0.3) is 5.91 Å². The Hall–Kier alpha value is -1.14. The fourth-order valence-electron chi connectivity index (χ4n) is 3.13. The molecule has 1 aromatic carbocycles. The number of piperidine rings is 1. The van der Waals surface area contributed by atoms with Gasteiger partial charge in [-0.3, -0.25) is 9.69 Å². The van der Waals surface area contributed by atoms with Gasteiger partial charge in [0.15, 0.2) is 0 Å². The van der Waals surface area contributed by atoms with Crippen LogP contribution in [0.2, 0.25) is 10.0 Å². The summed E-state index contributed by atoms with van der Waals surface area (Å²) in [6.07, 6.45) is 4.05. The average Bonchev–Trinajstić information content (AvgIpc) is 2.62. The van der Waals surface area contributed by atoms with Crippen molar-refractivity contribution in [3.8, 4) is 0 Å². The van der Waals surface area contributed by atoms with E-state index in [1.54, 1.807) is 18.2 Å². The molecule has 0 spiro atoms. The van der Waals surface area contributed by atoms with Crippen molar-refractivity contribution in [3.63, 3.8) is 0 Å². The zero-order chi connectivity index (χ0) is 18.5. The van der Waals surface area contributed by atoms with Crippen LogP contribution < -0.4 is 5.32 Å². The van der Waals surface area contributed by atoms with Gasteiger partial charge in [0.1, 0.15) is 4.60 Å². The van der Waals surface area contributed by atoms with Crippen molar-refractivity contribution >= 4 is 45.0 Å². The fourth-order valence-corrected chi connectivity index (χ4v) is 3.89. The number of carbonyl (C=O) groups excluding carboxylic acids is 1. The minimum Gasteiger partial charge on any atom is -0.352 e. The molecule has 0 unspecified atom stereocenters. The zero-order valence-electron chi connectivity index (χ0n) is 14.2. The monoisotopic (exact) mass is 455 g/mol. The first-order valence-electron chi connectivity index (χ1n) is 8.56. The summed E-state index contributed by atoms with van der Waals surface area (Å²) in [5.74, 6) is 0.366. The third kappa shape index (κ3) is 5.68. The number of nitrogens with one attached hydrogen (secondary N) is 1. The molecule has 1 fully saturated rings. The number of benzene rings is 1. The first-order chi connectivity index (χ1) is 12.5. The van der Waals surface area contributed by atoms with Crippen LogP contribution in [-0.4, -0.2) is 35.4 Å². The van der Waals surface area contributed by atoms with Crippen molar-refractivity contribution in [1.82, 2.24) is 15.2 Å². The molecule has 1 saturated heterocycles. The number of hydrogen-bond acceptors (Lipinski definition) is 3. The quantitative estimate of drug-likeness (QED) is 0.657. The lowest BCUT2D eigenvalue weighted by Crippen LogP contribution is -2.38. The van der Waals surface area contributed by atoms with Crippen molar-refractivity contribution in [2.24, 2.45) is 5.92 Å². The van der Waals surface area contributed by atoms with Gasteiger partial charge in [0, 0.05) is 34.9 Å². The van der Waals surface area contributed by atoms with Crippen molar-refractivity contribution in [1.29, 1.82) is 0 Å². The van der Waals surface area contributed by atoms with E-state index in [4.69, 9.17) is 23.2 Å². The number of halogens is 3. The Balaban J connectivity index is 1.43. The Labute approximate surface area is 172 Å². The van der Waals surface area contributed by atoms with Gasteiger partial charge >= 0.3 is 0 Å². The topological polar surface area (TPSA) is 45.2 Å². The van der Waals surface area contributed by atoms with Crippen molar-refractivity contribution in [2.75, 3.05) is 19.6 Å². The van der Waals surface area contributed by atoms with E-state index in [2.05, 4.69) is 37.2 Å². The van der Waals surface area contributed by atoms with Crippen LogP contribution in [-0.2, 0) is 6.54 Å². The lowest BCUT2D eigenvalue weighted by atomic mass is 9.96. The summed E-state index contributed by atoms with van der Waals surface area (Å²) < 4.78 is 0.858. The Morgan fingerprint density at radius 2 is 1.88 bits per heavy atom. The molecule has 1 amide bonds. The maximum atomic E-state index is 12.3. The molecule has 0 radical (unpaired) electrons. The van der Waals surface area contributed by atoms with Gasteiger partial charge < -0.3 is 5.32 Å². The zero-order valence-corrected chi connectivity index (χ0v) is 17.3. The molecular weight excluding hydrogens is 437 g/mol. The standard InChI is InChI=1S/C19H20BrCl2N3O/c20-18-2-1-14(11-23-18)12-25-5-3-13(4-6-25)10-24-19(26)15-7-16(21)9-17(22)8-15/h1-2,7-9,11,13H,3-6,10,12H2,(H,24,26). The molecule has 1 aromatic heterocycles. The highest BCUT2D eigenvalue weighted by atomic mass is 79.9. The molecule has 138 valence electrons. The number of likely N-dealkylation sites (tertiary alicyclic amines) is 1. The molecule has 7 heteroatoms. The van der Waals surface area contributed by atoms with Crippen LogP contribution in [0, 0.1) is 5.92 Å². The van der Waals surface area contributed by atoms with E-state index in [-0.39, 0.29) is 5.91 Å². The molecule has 4 nitrogen and oxygen atoms in total. The van der Waals surface area contributed by atoms with Gasteiger partial charge in [-0.25, -0.2) is 4.98 Å². The van der Waals surface area contributed by atoms with Crippen LogP contribution in [0.4, 0.5) is 0 Å². The summed E-state index contributed by atoms with van der Waals surface area (Å²) in [4.78, 5) is 19.0. The van der Waals surface area contributed by atoms with E-state index in [1.807, 2.05) is 12.3 Å². The second kappa shape index (κ2) is 9.18. The van der Waals surface area contributed by atoms with Crippen LogP contribution in [0.3, 0.4) is 0 Å². The summed E-state index contributed by atoms with van der Waals surface area (Å²) in [6, 6.07) is 8.96. The van der Waals surface area contributed by atoms with E-state index in [0.717, 1.165) is 37.1 Å². The average molecular weight is 457 g/mol. The predicted octanol–water partition coefficient (Wildman–Crippen LogP) is 4.79. The lowest BCUT2D eigenvalue weighted by Gasteiger charge is -2.32. The number of pyridine rings is 1. The summed E-state index contributed by atoms with van der Waals surface area (Å²) in [6.45, 7) is 3.65. The first kappa shape index (κ1) is 19.6. The van der Waals surface area contributed by atoms with Gasteiger partial charge in [-0.2, -0.15) is 0 Å². The van der Waals surface area contributed by atoms with E-state index in [0.29, 0.717) is 28.1 Å². The Bertz CT molecular complexity index is 742. The number of amides is 1. The summed E-state index contributed by atoms with van der Waals surface area (Å²) in [5.41, 5.74) is 1.72. The smallest absolute Gasteiger partial charge is 0.251 e. The van der Waals surface area contributed by atoms with Crippen molar-refractivity contribution in [3.05, 3.63) is 62.3 Å². The number of aromatic nitrogens is 1. The first-order valence-corrected chi connectivity index (χ1v) is 10.1. The fraction of sp³-hybridized carbons (Fsp3) is 0.368. The lowest BCUT2D eigenvalue weighted by molar-refractivity contribution is 0.0935. The SMILES string of the molecule is O=C(NCC1CCN(Cc2ccc(Br)nc2)CC1)c1cc(Cl)cc(Cl)c1. The molecule has 0 bridgehead atoms. The third-order valence-corrected chi connectivity index (χ3v) is 5.48. The summed E-state index contributed by atoms with van der Waals surface area (Å²) in [7, 11) is 0. The van der Waals surface area contributed by atoms with E-state index in [1.165, 1.54) is 5.56 Å². The molecule has 1 aliphatic heterocycles. The summed E-state index contributed by atoms with van der Waals surface area (Å²) in [5, 5.41) is 3.95. The van der Waals surface area contributed by atoms with Crippen LogP contribution in [0.1, 0.15) is 28.8 Å². The molecule has 2 heterocycles. The second-order valence-electron chi connectivity index (χ2n) is 6.58. The molecular formula is C19H20BrCl2N3O. The second-order valence-corrected chi connectivity index (χ2v) is 8.26. The molecule has 1 N–H and O–H groups in total. The van der Waals surface area contributed by atoms with E-state index >= 15 is 0 Å². The van der Waals surface area contributed by atoms with Crippen molar-refractivity contribution in [2.45, 2.75) is 19.4 Å². The van der Waals surface area contributed by atoms with Gasteiger partial charge in [0.05, 0.1) is 0 Å². The number of nitrogens with zero attached hydrogens (tertiary/aromatic N) is 2. The molecule has 0 atom stereocenters. The van der Waals surface area contributed by atoms with Gasteiger partial charge in [-0.1, -0.05) is 29.3 Å². The van der Waals surface area contributed by atoms with E-state index in [9.17, 15) is 4.79 Å². The Kier molecular flexibility index (Phi) is 6.92. The van der Waals surface area contributed by atoms with Crippen LogP contribution >= 0.6 is 39.1 Å². The van der Waals surface area contributed by atoms with E-state index < -0.39 is 0 Å². The maximum Gasteiger partial charge on any atom is 0.251 e. The number of carbonyl (C=O) groups is 1. The highest BCUT2D eigenvalue weighted by Gasteiger charge is 2.20. The normalized spacial score (nSPS) is 15.8. The van der Waals surface area contributed by atoms with Crippen LogP contribution in [0.5, 0.6) is 0 Å². The minimum absolute atomic E-state index is 0.127. The number of hydrogen-bond donors (Lipinski definition) is 1. The van der Waals surface area contributed by atoms with Gasteiger partial charge in [-0.15, -0.1) is 0 Å². The molecule has 3 rings (SSSR count). The minimum atomic E-state index is -0.127. The number of rotatable bonds is 5. The molecule has 26 heavy (non-hydrogen) atoms. The Morgan fingerprint density at radius 1 is 1.19 bits per heavy atom. The van der Waals surface area contributed by atoms with Crippen LogP contribution in [0.15, 0.2) is 41.1 Å². The van der Waals surface area contributed by atoms with Crippen molar-refractivity contribution < 1.29 is 4.79 Å². The maximum absolute atomic E-state index is 12.3. The highest BCUT2D eigenvalue weighted by Crippen LogP contribution is 2.21. The van der Waals surface area contributed by atoms with Gasteiger partial charge in [-0.05, 0) is 77.6 Å². The molecule has 1 aliphatic rings.